The third-order valence-electron chi connectivity index (χ3n) is 3.78. The van der Waals surface area contributed by atoms with Gasteiger partial charge in [0.1, 0.15) is 0 Å². The molecule has 0 amide bonds. The Morgan fingerprint density at radius 2 is 2.19 bits per heavy atom. The number of nitrogens with one attached hydrogen (secondary N) is 1. The lowest BCUT2D eigenvalue weighted by Crippen LogP contribution is -2.45. The zero-order valence-corrected chi connectivity index (χ0v) is 10.6. The Kier molecular flexibility index (Phi) is 7.01. The van der Waals surface area contributed by atoms with Crippen molar-refractivity contribution in [1.29, 1.82) is 0 Å². The Balaban J connectivity index is 2.25. The fourth-order valence-electron chi connectivity index (χ4n) is 2.69. The summed E-state index contributed by atoms with van der Waals surface area (Å²) >= 11 is 0. The van der Waals surface area contributed by atoms with Crippen molar-refractivity contribution in [3.63, 3.8) is 0 Å². The SMILES string of the molecule is CCCCCC(CN)NC1CCCC1CO. The molecule has 0 radical (unpaired) electrons. The van der Waals surface area contributed by atoms with Crippen LogP contribution in [0.5, 0.6) is 0 Å². The topological polar surface area (TPSA) is 58.3 Å². The minimum absolute atomic E-state index is 0.323. The maximum Gasteiger partial charge on any atom is 0.0474 e. The van der Waals surface area contributed by atoms with Crippen molar-refractivity contribution in [2.45, 2.75) is 64.0 Å². The second kappa shape index (κ2) is 8.04. The molecular formula is C13H28N2O. The van der Waals surface area contributed by atoms with E-state index in [0.717, 1.165) is 6.54 Å². The van der Waals surface area contributed by atoms with Gasteiger partial charge >= 0.3 is 0 Å². The summed E-state index contributed by atoms with van der Waals surface area (Å²) < 4.78 is 0. The molecule has 0 aromatic carbocycles. The molecule has 96 valence electrons. The van der Waals surface area contributed by atoms with E-state index >= 15 is 0 Å². The van der Waals surface area contributed by atoms with E-state index in [1.807, 2.05) is 0 Å². The highest BCUT2D eigenvalue weighted by molar-refractivity contribution is 4.85. The van der Waals surface area contributed by atoms with Gasteiger partial charge in [-0.3, -0.25) is 0 Å². The van der Waals surface area contributed by atoms with Crippen molar-refractivity contribution in [3.8, 4) is 0 Å². The van der Waals surface area contributed by atoms with Crippen LogP contribution in [0.1, 0.15) is 51.9 Å². The minimum Gasteiger partial charge on any atom is -0.396 e. The average Bonchev–Trinajstić information content (AvgIpc) is 2.75. The molecule has 1 fully saturated rings. The lowest BCUT2D eigenvalue weighted by atomic mass is 10.0. The van der Waals surface area contributed by atoms with Gasteiger partial charge in [-0.15, -0.1) is 0 Å². The molecule has 3 unspecified atom stereocenters. The molecule has 3 atom stereocenters. The largest absolute Gasteiger partial charge is 0.396 e. The normalized spacial score (nSPS) is 27.2. The summed E-state index contributed by atoms with van der Waals surface area (Å²) in [6, 6.07) is 0.948. The summed E-state index contributed by atoms with van der Waals surface area (Å²) in [7, 11) is 0. The van der Waals surface area contributed by atoms with Crippen molar-refractivity contribution in [2.75, 3.05) is 13.2 Å². The van der Waals surface area contributed by atoms with E-state index in [9.17, 15) is 5.11 Å². The zero-order chi connectivity index (χ0) is 11.8. The monoisotopic (exact) mass is 228 g/mol. The van der Waals surface area contributed by atoms with Crippen LogP contribution in [0.25, 0.3) is 0 Å². The molecule has 1 saturated carbocycles. The molecule has 0 spiro atoms. The van der Waals surface area contributed by atoms with Crippen molar-refractivity contribution in [2.24, 2.45) is 11.7 Å². The molecule has 4 N–H and O–H groups in total. The van der Waals surface area contributed by atoms with E-state index in [1.165, 1.54) is 44.9 Å². The molecular weight excluding hydrogens is 200 g/mol. The maximum atomic E-state index is 9.26. The van der Waals surface area contributed by atoms with Crippen molar-refractivity contribution >= 4 is 0 Å². The number of hydrogen-bond donors (Lipinski definition) is 3. The van der Waals surface area contributed by atoms with Gasteiger partial charge in [0, 0.05) is 25.2 Å². The summed E-state index contributed by atoms with van der Waals surface area (Å²) in [5.41, 5.74) is 5.80. The van der Waals surface area contributed by atoms with Gasteiger partial charge in [-0.05, 0) is 25.2 Å². The van der Waals surface area contributed by atoms with E-state index in [2.05, 4.69) is 12.2 Å². The van der Waals surface area contributed by atoms with E-state index in [4.69, 9.17) is 5.73 Å². The molecule has 1 aliphatic rings. The van der Waals surface area contributed by atoms with Gasteiger partial charge in [-0.25, -0.2) is 0 Å². The van der Waals surface area contributed by atoms with Crippen LogP contribution < -0.4 is 11.1 Å². The number of hydrogen-bond acceptors (Lipinski definition) is 3. The molecule has 3 heteroatoms. The Morgan fingerprint density at radius 1 is 1.38 bits per heavy atom. The number of unbranched alkanes of at least 4 members (excludes halogenated alkanes) is 2. The molecule has 0 saturated heterocycles. The Bertz CT molecular complexity index is 175. The smallest absolute Gasteiger partial charge is 0.0474 e. The second-order valence-corrected chi connectivity index (χ2v) is 5.08. The number of rotatable bonds is 8. The summed E-state index contributed by atoms with van der Waals surface area (Å²) in [6.07, 6.45) is 8.62. The van der Waals surface area contributed by atoms with Crippen molar-refractivity contribution < 1.29 is 5.11 Å². The average molecular weight is 228 g/mol. The van der Waals surface area contributed by atoms with Gasteiger partial charge in [-0.1, -0.05) is 32.6 Å². The quantitative estimate of drug-likeness (QED) is 0.554. The zero-order valence-electron chi connectivity index (χ0n) is 10.6. The lowest BCUT2D eigenvalue weighted by Gasteiger charge is -2.25. The molecule has 0 heterocycles. The fourth-order valence-corrected chi connectivity index (χ4v) is 2.69. The van der Waals surface area contributed by atoms with Gasteiger partial charge in [0.15, 0.2) is 0 Å². The molecule has 1 rings (SSSR count). The van der Waals surface area contributed by atoms with E-state index in [-0.39, 0.29) is 0 Å². The van der Waals surface area contributed by atoms with Crippen LogP contribution in [-0.2, 0) is 0 Å². The first-order valence-corrected chi connectivity index (χ1v) is 6.88. The fraction of sp³-hybridized carbons (Fsp3) is 1.00. The standard InChI is InChI=1S/C13H28N2O/c1-2-3-4-7-12(9-14)15-13-8-5-6-11(13)10-16/h11-13,15-16H,2-10,14H2,1H3. The van der Waals surface area contributed by atoms with E-state index in [0.29, 0.717) is 24.6 Å². The highest BCUT2D eigenvalue weighted by Gasteiger charge is 2.27. The van der Waals surface area contributed by atoms with Gasteiger partial charge < -0.3 is 16.2 Å². The van der Waals surface area contributed by atoms with Gasteiger partial charge in [0.05, 0.1) is 0 Å². The first-order chi connectivity index (χ1) is 7.81. The summed E-state index contributed by atoms with van der Waals surface area (Å²) in [5, 5.41) is 12.9. The van der Waals surface area contributed by atoms with Crippen LogP contribution in [0.15, 0.2) is 0 Å². The minimum atomic E-state index is 0.323. The van der Waals surface area contributed by atoms with Crippen molar-refractivity contribution in [3.05, 3.63) is 0 Å². The highest BCUT2D eigenvalue weighted by atomic mass is 16.3. The van der Waals surface area contributed by atoms with E-state index in [1.54, 1.807) is 0 Å². The molecule has 1 aliphatic carbocycles. The van der Waals surface area contributed by atoms with Gasteiger partial charge in [0.25, 0.3) is 0 Å². The maximum absolute atomic E-state index is 9.26. The summed E-state index contributed by atoms with van der Waals surface area (Å²) in [4.78, 5) is 0. The Labute approximate surface area is 99.8 Å². The molecule has 0 aromatic heterocycles. The Hall–Kier alpha value is -0.120. The first kappa shape index (κ1) is 13.9. The summed E-state index contributed by atoms with van der Waals surface area (Å²) in [5.74, 6) is 0.459. The predicted molar refractivity (Wildman–Crippen MR) is 68.3 cm³/mol. The third kappa shape index (κ3) is 4.40. The first-order valence-electron chi connectivity index (χ1n) is 6.88. The van der Waals surface area contributed by atoms with Crippen molar-refractivity contribution in [1.82, 2.24) is 5.32 Å². The van der Waals surface area contributed by atoms with Gasteiger partial charge in [-0.2, -0.15) is 0 Å². The third-order valence-corrected chi connectivity index (χ3v) is 3.78. The number of aliphatic hydroxyl groups excluding tert-OH is 1. The molecule has 0 aromatic rings. The number of nitrogens with two attached hydrogens (primary N) is 1. The molecule has 3 nitrogen and oxygen atoms in total. The van der Waals surface area contributed by atoms with E-state index < -0.39 is 0 Å². The molecule has 0 bridgehead atoms. The lowest BCUT2D eigenvalue weighted by molar-refractivity contribution is 0.198. The van der Waals surface area contributed by atoms with Crippen LogP contribution in [0.3, 0.4) is 0 Å². The van der Waals surface area contributed by atoms with Gasteiger partial charge in [0.2, 0.25) is 0 Å². The van der Waals surface area contributed by atoms with Crippen LogP contribution >= 0.6 is 0 Å². The predicted octanol–water partition coefficient (Wildman–Crippen LogP) is 1.64. The summed E-state index contributed by atoms with van der Waals surface area (Å²) in [6.45, 7) is 3.27. The Morgan fingerprint density at radius 3 is 2.81 bits per heavy atom. The van der Waals surface area contributed by atoms with Crippen LogP contribution in [0.4, 0.5) is 0 Å². The second-order valence-electron chi connectivity index (χ2n) is 5.08. The highest BCUT2D eigenvalue weighted by Crippen LogP contribution is 2.25. The van der Waals surface area contributed by atoms with Crippen LogP contribution in [-0.4, -0.2) is 30.3 Å². The van der Waals surface area contributed by atoms with Crippen LogP contribution in [0.2, 0.25) is 0 Å². The molecule has 16 heavy (non-hydrogen) atoms. The molecule has 0 aliphatic heterocycles. The number of aliphatic hydroxyl groups is 1. The van der Waals surface area contributed by atoms with Crippen LogP contribution in [0, 0.1) is 5.92 Å².